The zero-order valence-electron chi connectivity index (χ0n) is 17.9. The molecule has 0 spiro atoms. The van der Waals surface area contributed by atoms with Crippen LogP contribution in [0.3, 0.4) is 0 Å². The van der Waals surface area contributed by atoms with Gasteiger partial charge in [0.15, 0.2) is 0 Å². The minimum Gasteiger partial charge on any atom is -0.497 e. The molecule has 0 atom stereocenters. The molecule has 1 aliphatic rings. The van der Waals surface area contributed by atoms with Gasteiger partial charge in [-0.1, -0.05) is 17.7 Å². The molecule has 1 aliphatic heterocycles. The number of ether oxygens (including phenoxy) is 1. The maximum atomic E-state index is 12.7. The van der Waals surface area contributed by atoms with E-state index in [0.29, 0.717) is 16.3 Å². The highest BCUT2D eigenvalue weighted by Crippen LogP contribution is 2.35. The summed E-state index contributed by atoms with van der Waals surface area (Å²) in [5.74, 6) is 1.58. The lowest BCUT2D eigenvalue weighted by molar-refractivity contribution is 0.102. The molecule has 1 N–H and O–H groups in total. The van der Waals surface area contributed by atoms with E-state index in [1.807, 2.05) is 61.5 Å². The van der Waals surface area contributed by atoms with E-state index in [-0.39, 0.29) is 5.91 Å². The number of halogens is 1. The summed E-state index contributed by atoms with van der Waals surface area (Å²) in [6.07, 6.45) is 0.931. The third kappa shape index (κ3) is 3.76. The predicted octanol–water partition coefficient (Wildman–Crippen LogP) is 6.15. The number of benzene rings is 3. The second kappa shape index (κ2) is 8.17. The van der Waals surface area contributed by atoms with Crippen molar-refractivity contribution in [2.75, 3.05) is 23.9 Å². The number of aromatic nitrogens is 1. The van der Waals surface area contributed by atoms with Gasteiger partial charge in [0, 0.05) is 40.0 Å². The second-order valence-corrected chi connectivity index (χ2v) is 8.30. The van der Waals surface area contributed by atoms with E-state index in [4.69, 9.17) is 21.3 Å². The van der Waals surface area contributed by atoms with Crippen LogP contribution in [0, 0.1) is 6.92 Å². The summed E-state index contributed by atoms with van der Waals surface area (Å²) >= 11 is 6.16. The van der Waals surface area contributed by atoms with Gasteiger partial charge in [0.25, 0.3) is 5.91 Å². The molecule has 0 aliphatic carbocycles. The molecule has 5 rings (SSSR count). The van der Waals surface area contributed by atoms with Crippen LogP contribution < -0.4 is 15.0 Å². The molecule has 5 nitrogen and oxygen atoms in total. The number of carbonyl (C=O) groups excluding carboxylic acids is 1. The van der Waals surface area contributed by atoms with Crippen LogP contribution >= 0.6 is 11.6 Å². The van der Waals surface area contributed by atoms with Crippen molar-refractivity contribution in [2.24, 2.45) is 0 Å². The fraction of sp³-hybridized carbons (Fsp3) is 0.154. The van der Waals surface area contributed by atoms with Gasteiger partial charge in [-0.3, -0.25) is 4.79 Å². The smallest absolute Gasteiger partial charge is 0.255 e. The summed E-state index contributed by atoms with van der Waals surface area (Å²) in [4.78, 5) is 19.8. The minimum absolute atomic E-state index is 0.172. The first kappa shape index (κ1) is 20.3. The largest absolute Gasteiger partial charge is 0.497 e. The first-order chi connectivity index (χ1) is 15.5. The fourth-order valence-corrected chi connectivity index (χ4v) is 4.16. The number of hydrogen-bond donors (Lipinski definition) is 1. The molecule has 32 heavy (non-hydrogen) atoms. The van der Waals surface area contributed by atoms with E-state index in [1.165, 1.54) is 5.56 Å². The molecular weight excluding hydrogens is 422 g/mol. The van der Waals surface area contributed by atoms with Crippen molar-refractivity contribution in [3.8, 4) is 5.75 Å². The van der Waals surface area contributed by atoms with E-state index in [0.717, 1.165) is 46.7 Å². The van der Waals surface area contributed by atoms with Gasteiger partial charge in [-0.2, -0.15) is 0 Å². The molecule has 4 aromatic rings. The van der Waals surface area contributed by atoms with Gasteiger partial charge in [0.1, 0.15) is 11.6 Å². The third-order valence-corrected chi connectivity index (χ3v) is 6.22. The average molecular weight is 444 g/mol. The summed E-state index contributed by atoms with van der Waals surface area (Å²) in [6.45, 7) is 2.78. The normalized spacial score (nSPS) is 12.7. The highest BCUT2D eigenvalue weighted by molar-refractivity contribution is 6.31. The topological polar surface area (TPSA) is 54.5 Å². The summed E-state index contributed by atoms with van der Waals surface area (Å²) in [7, 11) is 1.66. The molecule has 0 saturated carbocycles. The number of fused-ring (bicyclic) bond motifs is 2. The van der Waals surface area contributed by atoms with Crippen molar-refractivity contribution in [1.82, 2.24) is 4.98 Å². The van der Waals surface area contributed by atoms with E-state index in [1.54, 1.807) is 13.2 Å². The molecule has 0 saturated heterocycles. The van der Waals surface area contributed by atoms with E-state index < -0.39 is 0 Å². The molecule has 1 amide bonds. The summed E-state index contributed by atoms with van der Waals surface area (Å²) in [5.41, 5.74) is 5.37. The minimum atomic E-state index is -0.172. The molecule has 0 unspecified atom stereocenters. The van der Waals surface area contributed by atoms with Gasteiger partial charge in [-0.05, 0) is 79.1 Å². The van der Waals surface area contributed by atoms with Crippen LogP contribution in [0.4, 0.5) is 17.2 Å². The lowest BCUT2D eigenvalue weighted by atomic mass is 10.1. The Bertz CT molecular complexity index is 1340. The standard InChI is InChI=1S/C26H22ClN3O2/c1-16-3-7-20(14-23(16)27)28-26(31)17-4-8-21(9-5-17)30-12-11-19-13-18-6-10-22(32-2)15-24(18)29-25(19)30/h3-10,13-15H,11-12H2,1-2H3,(H,28,31). The monoisotopic (exact) mass is 443 g/mol. The number of amides is 1. The molecule has 0 radical (unpaired) electrons. The molecule has 1 aromatic heterocycles. The Morgan fingerprint density at radius 1 is 1.06 bits per heavy atom. The van der Waals surface area contributed by atoms with Crippen molar-refractivity contribution < 1.29 is 9.53 Å². The Balaban J connectivity index is 1.38. The Morgan fingerprint density at radius 3 is 2.62 bits per heavy atom. The number of aryl methyl sites for hydroxylation is 1. The SMILES string of the molecule is COc1ccc2cc3c(nc2c1)N(c1ccc(C(=O)Nc2ccc(C)c(Cl)c2)cc1)CC3. The Morgan fingerprint density at radius 2 is 1.88 bits per heavy atom. The number of nitrogens with one attached hydrogen (secondary N) is 1. The van der Waals surface area contributed by atoms with Gasteiger partial charge in [0.05, 0.1) is 12.6 Å². The van der Waals surface area contributed by atoms with Gasteiger partial charge >= 0.3 is 0 Å². The van der Waals surface area contributed by atoms with Gasteiger partial charge in [-0.25, -0.2) is 4.98 Å². The van der Waals surface area contributed by atoms with E-state index in [9.17, 15) is 4.79 Å². The van der Waals surface area contributed by atoms with Gasteiger partial charge in [0.2, 0.25) is 0 Å². The molecule has 0 fully saturated rings. The van der Waals surface area contributed by atoms with E-state index >= 15 is 0 Å². The van der Waals surface area contributed by atoms with Crippen LogP contribution in [-0.2, 0) is 6.42 Å². The lowest BCUT2D eigenvalue weighted by Gasteiger charge is -2.19. The number of nitrogens with zero attached hydrogens (tertiary/aromatic N) is 2. The summed E-state index contributed by atoms with van der Waals surface area (Å²) in [6, 6.07) is 21.2. The van der Waals surface area contributed by atoms with Gasteiger partial charge < -0.3 is 15.0 Å². The van der Waals surface area contributed by atoms with Crippen molar-refractivity contribution in [3.63, 3.8) is 0 Å². The first-order valence-electron chi connectivity index (χ1n) is 10.4. The lowest BCUT2D eigenvalue weighted by Crippen LogP contribution is -2.15. The maximum absolute atomic E-state index is 12.7. The Labute approximate surface area is 191 Å². The van der Waals surface area contributed by atoms with E-state index in [2.05, 4.69) is 16.3 Å². The number of carbonyl (C=O) groups is 1. The number of anilines is 3. The number of rotatable bonds is 4. The number of pyridine rings is 1. The van der Waals surface area contributed by atoms with Crippen molar-refractivity contribution in [1.29, 1.82) is 0 Å². The summed E-state index contributed by atoms with van der Waals surface area (Å²) < 4.78 is 5.34. The zero-order chi connectivity index (χ0) is 22.2. The average Bonchev–Trinajstić information content (AvgIpc) is 3.22. The summed E-state index contributed by atoms with van der Waals surface area (Å²) in [5, 5.41) is 4.64. The van der Waals surface area contributed by atoms with Crippen LogP contribution in [-0.4, -0.2) is 24.5 Å². The molecule has 0 bridgehead atoms. The van der Waals surface area contributed by atoms with Crippen LogP contribution in [0.1, 0.15) is 21.5 Å². The van der Waals surface area contributed by atoms with Crippen molar-refractivity contribution >= 4 is 45.6 Å². The Hall–Kier alpha value is -3.57. The van der Waals surface area contributed by atoms with Crippen LogP contribution in [0.2, 0.25) is 5.02 Å². The zero-order valence-corrected chi connectivity index (χ0v) is 18.6. The van der Waals surface area contributed by atoms with Crippen LogP contribution in [0.25, 0.3) is 10.9 Å². The fourth-order valence-electron chi connectivity index (χ4n) is 3.98. The first-order valence-corrected chi connectivity index (χ1v) is 10.8. The predicted molar refractivity (Wildman–Crippen MR) is 130 cm³/mol. The third-order valence-electron chi connectivity index (χ3n) is 5.81. The van der Waals surface area contributed by atoms with Gasteiger partial charge in [-0.15, -0.1) is 0 Å². The Kier molecular flexibility index (Phi) is 5.19. The quantitative estimate of drug-likeness (QED) is 0.411. The second-order valence-electron chi connectivity index (χ2n) is 7.90. The maximum Gasteiger partial charge on any atom is 0.255 e. The van der Waals surface area contributed by atoms with Crippen molar-refractivity contribution in [2.45, 2.75) is 13.3 Å². The van der Waals surface area contributed by atoms with Crippen LogP contribution in [0.5, 0.6) is 5.75 Å². The molecule has 160 valence electrons. The molecular formula is C26H22ClN3O2. The molecule has 3 aromatic carbocycles. The molecule has 2 heterocycles. The highest BCUT2D eigenvalue weighted by Gasteiger charge is 2.23. The number of methoxy groups -OCH3 is 1. The van der Waals surface area contributed by atoms with Crippen molar-refractivity contribution in [3.05, 3.63) is 88.4 Å². The number of hydrogen-bond acceptors (Lipinski definition) is 4. The van der Waals surface area contributed by atoms with Crippen LogP contribution in [0.15, 0.2) is 66.7 Å². The molecule has 6 heteroatoms. The highest BCUT2D eigenvalue weighted by atomic mass is 35.5.